The van der Waals surface area contributed by atoms with E-state index in [1.807, 2.05) is 43.3 Å². The summed E-state index contributed by atoms with van der Waals surface area (Å²) in [6, 6.07) is 11.9. The second-order valence-corrected chi connectivity index (χ2v) is 6.33. The van der Waals surface area contributed by atoms with Crippen molar-refractivity contribution in [1.82, 2.24) is 29.9 Å². The molecule has 8 nitrogen and oxygen atoms in total. The van der Waals surface area contributed by atoms with Gasteiger partial charge in [0.25, 0.3) is 5.89 Å². The van der Waals surface area contributed by atoms with Crippen molar-refractivity contribution < 1.29 is 4.52 Å². The lowest BCUT2D eigenvalue weighted by molar-refractivity contribution is 0.432. The van der Waals surface area contributed by atoms with E-state index in [9.17, 15) is 0 Å². The van der Waals surface area contributed by atoms with Crippen LogP contribution in [-0.4, -0.2) is 35.9 Å². The molecule has 0 fully saturated rings. The van der Waals surface area contributed by atoms with E-state index in [1.165, 1.54) is 6.33 Å². The number of aromatic nitrogens is 6. The minimum atomic E-state index is 0.154. The van der Waals surface area contributed by atoms with E-state index in [0.717, 1.165) is 22.5 Å². The maximum Gasteiger partial charge on any atom is 0.259 e. The maximum absolute atomic E-state index is 5.41. The normalized spacial score (nSPS) is 12.1. The Bertz CT molecular complexity index is 1010. The molecule has 0 spiro atoms. The van der Waals surface area contributed by atoms with Crippen LogP contribution >= 0.6 is 0 Å². The molecule has 1 atom stereocenters. The fourth-order valence-electron chi connectivity index (χ4n) is 2.79. The SMILES string of the molecule is Cc1ccccc1-c1noc(-c2ccc(N[C@H](C)Cn3cncn3)nc2)n1. The Kier molecular flexibility index (Phi) is 4.61. The average Bonchev–Trinajstić information content (AvgIpc) is 3.35. The molecule has 4 aromatic rings. The third-order valence-corrected chi connectivity index (χ3v) is 4.14. The summed E-state index contributed by atoms with van der Waals surface area (Å²) < 4.78 is 7.19. The van der Waals surface area contributed by atoms with E-state index in [2.05, 4.69) is 37.4 Å². The van der Waals surface area contributed by atoms with Gasteiger partial charge < -0.3 is 9.84 Å². The van der Waals surface area contributed by atoms with Crippen molar-refractivity contribution in [2.75, 3.05) is 5.32 Å². The van der Waals surface area contributed by atoms with Gasteiger partial charge in [0.2, 0.25) is 5.82 Å². The van der Waals surface area contributed by atoms with Crippen LogP contribution in [0.3, 0.4) is 0 Å². The van der Waals surface area contributed by atoms with Gasteiger partial charge in [0.05, 0.1) is 12.1 Å². The Hall–Kier alpha value is -3.55. The van der Waals surface area contributed by atoms with Crippen LogP contribution in [0.15, 0.2) is 59.8 Å². The van der Waals surface area contributed by atoms with Crippen LogP contribution in [0.25, 0.3) is 22.8 Å². The molecule has 0 aliphatic carbocycles. The molecule has 1 N–H and O–H groups in total. The number of hydrogen-bond acceptors (Lipinski definition) is 7. The molecule has 0 radical (unpaired) electrons. The fraction of sp³-hybridized carbons (Fsp3) is 0.211. The molecule has 27 heavy (non-hydrogen) atoms. The van der Waals surface area contributed by atoms with E-state index in [1.54, 1.807) is 17.2 Å². The van der Waals surface area contributed by atoms with E-state index in [-0.39, 0.29) is 6.04 Å². The summed E-state index contributed by atoms with van der Waals surface area (Å²) in [6.07, 6.45) is 4.94. The van der Waals surface area contributed by atoms with E-state index < -0.39 is 0 Å². The van der Waals surface area contributed by atoms with Crippen LogP contribution < -0.4 is 5.32 Å². The molecule has 0 aliphatic heterocycles. The highest BCUT2D eigenvalue weighted by molar-refractivity contribution is 5.62. The summed E-state index contributed by atoms with van der Waals surface area (Å²) >= 11 is 0. The van der Waals surface area contributed by atoms with Crippen LogP contribution in [0, 0.1) is 6.92 Å². The standard InChI is InChI=1S/C19H19N7O/c1-13-5-3-4-6-16(13)18-24-19(27-25-18)15-7-8-17(21-9-15)23-14(2)10-26-12-20-11-22-26/h3-9,11-12,14H,10H2,1-2H3,(H,21,23)/t14-/m1/s1. The Morgan fingerprint density at radius 2 is 2.07 bits per heavy atom. The van der Waals surface area contributed by atoms with Gasteiger partial charge >= 0.3 is 0 Å². The first kappa shape index (κ1) is 16.9. The number of pyridine rings is 1. The summed E-state index contributed by atoms with van der Waals surface area (Å²) in [6.45, 7) is 4.78. The third-order valence-electron chi connectivity index (χ3n) is 4.14. The minimum Gasteiger partial charge on any atom is -0.366 e. The van der Waals surface area contributed by atoms with Crippen LogP contribution in [0.5, 0.6) is 0 Å². The number of nitrogens with zero attached hydrogens (tertiary/aromatic N) is 6. The number of anilines is 1. The van der Waals surface area contributed by atoms with Gasteiger partial charge in [0.15, 0.2) is 0 Å². The lowest BCUT2D eigenvalue weighted by Gasteiger charge is -2.14. The maximum atomic E-state index is 5.41. The first-order valence-electron chi connectivity index (χ1n) is 8.64. The second kappa shape index (κ2) is 7.36. The Morgan fingerprint density at radius 3 is 2.81 bits per heavy atom. The van der Waals surface area contributed by atoms with Gasteiger partial charge in [0, 0.05) is 17.8 Å². The molecule has 0 saturated heterocycles. The molecule has 3 heterocycles. The number of nitrogens with one attached hydrogen (secondary N) is 1. The van der Waals surface area contributed by atoms with Crippen molar-refractivity contribution in [2.24, 2.45) is 0 Å². The highest BCUT2D eigenvalue weighted by Gasteiger charge is 2.13. The van der Waals surface area contributed by atoms with Gasteiger partial charge in [-0.15, -0.1) is 0 Å². The monoisotopic (exact) mass is 361 g/mol. The highest BCUT2D eigenvalue weighted by atomic mass is 16.5. The first-order valence-corrected chi connectivity index (χ1v) is 8.64. The molecule has 3 aromatic heterocycles. The topological polar surface area (TPSA) is 94.6 Å². The zero-order valence-electron chi connectivity index (χ0n) is 15.1. The lowest BCUT2D eigenvalue weighted by atomic mass is 10.1. The van der Waals surface area contributed by atoms with Gasteiger partial charge in [-0.3, -0.25) is 4.68 Å². The third kappa shape index (κ3) is 3.84. The van der Waals surface area contributed by atoms with Gasteiger partial charge in [-0.25, -0.2) is 9.97 Å². The molecule has 0 bridgehead atoms. The zero-order chi connectivity index (χ0) is 18.6. The molecule has 4 rings (SSSR count). The van der Waals surface area contributed by atoms with Gasteiger partial charge in [0.1, 0.15) is 18.5 Å². The van der Waals surface area contributed by atoms with Crippen molar-refractivity contribution in [2.45, 2.75) is 26.4 Å². The summed E-state index contributed by atoms with van der Waals surface area (Å²) in [5, 5.41) is 11.5. The molecule has 0 unspecified atom stereocenters. The zero-order valence-corrected chi connectivity index (χ0v) is 15.1. The smallest absolute Gasteiger partial charge is 0.259 e. The van der Waals surface area contributed by atoms with Crippen molar-refractivity contribution in [3.8, 4) is 22.8 Å². The predicted octanol–water partition coefficient (Wildman–Crippen LogP) is 3.20. The van der Waals surface area contributed by atoms with Crippen LogP contribution in [0.4, 0.5) is 5.82 Å². The minimum absolute atomic E-state index is 0.154. The molecule has 0 amide bonds. The number of aryl methyl sites for hydroxylation is 1. The van der Waals surface area contributed by atoms with Crippen molar-refractivity contribution in [3.05, 3.63) is 60.8 Å². The van der Waals surface area contributed by atoms with Crippen LogP contribution in [0.2, 0.25) is 0 Å². The summed E-state index contributed by atoms with van der Waals surface area (Å²) in [4.78, 5) is 12.9. The quantitative estimate of drug-likeness (QED) is 0.563. The summed E-state index contributed by atoms with van der Waals surface area (Å²) in [7, 11) is 0. The van der Waals surface area contributed by atoms with E-state index in [0.29, 0.717) is 18.3 Å². The molecule has 1 aromatic carbocycles. The van der Waals surface area contributed by atoms with Crippen molar-refractivity contribution in [3.63, 3.8) is 0 Å². The molecule has 0 saturated carbocycles. The number of rotatable bonds is 6. The fourth-order valence-corrected chi connectivity index (χ4v) is 2.79. The molecular formula is C19H19N7O. The predicted molar refractivity (Wildman–Crippen MR) is 101 cm³/mol. The van der Waals surface area contributed by atoms with Gasteiger partial charge in [-0.2, -0.15) is 10.1 Å². The van der Waals surface area contributed by atoms with Crippen LogP contribution in [-0.2, 0) is 6.54 Å². The summed E-state index contributed by atoms with van der Waals surface area (Å²) in [5.41, 5.74) is 2.83. The van der Waals surface area contributed by atoms with Crippen molar-refractivity contribution in [1.29, 1.82) is 0 Å². The Labute approximate surface area is 156 Å². The summed E-state index contributed by atoms with van der Waals surface area (Å²) in [5.74, 6) is 1.79. The number of benzene rings is 1. The van der Waals surface area contributed by atoms with E-state index in [4.69, 9.17) is 4.52 Å². The molecule has 136 valence electrons. The largest absolute Gasteiger partial charge is 0.366 e. The van der Waals surface area contributed by atoms with Gasteiger partial charge in [-0.1, -0.05) is 29.4 Å². The van der Waals surface area contributed by atoms with E-state index >= 15 is 0 Å². The Morgan fingerprint density at radius 1 is 1.19 bits per heavy atom. The average molecular weight is 361 g/mol. The molecule has 8 heteroatoms. The number of hydrogen-bond donors (Lipinski definition) is 1. The van der Waals surface area contributed by atoms with Gasteiger partial charge in [-0.05, 0) is 31.5 Å². The first-order chi connectivity index (χ1) is 13.2. The molecule has 0 aliphatic rings. The second-order valence-electron chi connectivity index (χ2n) is 6.33. The molecular weight excluding hydrogens is 342 g/mol. The van der Waals surface area contributed by atoms with Crippen molar-refractivity contribution >= 4 is 5.82 Å². The van der Waals surface area contributed by atoms with Crippen LogP contribution in [0.1, 0.15) is 12.5 Å². The highest BCUT2D eigenvalue weighted by Crippen LogP contribution is 2.24. The Balaban J connectivity index is 1.46. The lowest BCUT2D eigenvalue weighted by Crippen LogP contribution is -2.22.